The molecule has 0 saturated carbocycles. The van der Waals surface area contributed by atoms with Gasteiger partial charge in [-0.2, -0.15) is 0 Å². The van der Waals surface area contributed by atoms with Gasteiger partial charge in [0.1, 0.15) is 10.7 Å². The van der Waals surface area contributed by atoms with Crippen LogP contribution in [0.3, 0.4) is 0 Å². The number of hydrogen-bond acceptors (Lipinski definition) is 4. The lowest BCUT2D eigenvalue weighted by Crippen LogP contribution is -2.39. The van der Waals surface area contributed by atoms with Crippen LogP contribution in [0.4, 0.5) is 0 Å². The van der Waals surface area contributed by atoms with E-state index in [1.165, 1.54) is 11.3 Å². The molecule has 19 heavy (non-hydrogen) atoms. The quantitative estimate of drug-likeness (QED) is 0.914. The highest BCUT2D eigenvalue weighted by molar-refractivity contribution is 7.11. The predicted molar refractivity (Wildman–Crippen MR) is 73.3 cm³/mol. The fourth-order valence-electron chi connectivity index (χ4n) is 2.50. The minimum atomic E-state index is 0.0930. The Bertz CT molecular complexity index is 563. The van der Waals surface area contributed by atoms with Gasteiger partial charge in [0.2, 0.25) is 0 Å². The number of nitrogens with zero attached hydrogens (tertiary/aromatic N) is 3. The third kappa shape index (κ3) is 2.53. The summed E-state index contributed by atoms with van der Waals surface area (Å²) in [6, 6.07) is 0. The minimum Gasteiger partial charge on any atom is -0.346 e. The van der Waals surface area contributed by atoms with E-state index in [1.54, 1.807) is 11.7 Å². The van der Waals surface area contributed by atoms with Gasteiger partial charge in [-0.1, -0.05) is 0 Å². The van der Waals surface area contributed by atoms with E-state index in [9.17, 15) is 4.79 Å². The second-order valence-corrected chi connectivity index (χ2v) is 5.79. The summed E-state index contributed by atoms with van der Waals surface area (Å²) in [5, 5.41) is 0. The molecule has 1 atom stereocenters. The molecular weight excluding hydrogens is 260 g/mol. The van der Waals surface area contributed by atoms with E-state index in [2.05, 4.69) is 15.0 Å². The molecule has 1 saturated heterocycles. The van der Waals surface area contributed by atoms with Gasteiger partial charge in [-0.3, -0.25) is 9.78 Å². The van der Waals surface area contributed by atoms with Gasteiger partial charge in [0.25, 0.3) is 5.91 Å². The summed E-state index contributed by atoms with van der Waals surface area (Å²) in [5.74, 6) is 1.41. The fraction of sp³-hybridized carbons (Fsp3) is 0.462. The Morgan fingerprint density at radius 3 is 3.11 bits per heavy atom. The summed E-state index contributed by atoms with van der Waals surface area (Å²) in [6.45, 7) is 3.57. The Hall–Kier alpha value is -1.69. The van der Waals surface area contributed by atoms with Crippen molar-refractivity contribution >= 4 is 17.2 Å². The molecule has 0 bridgehead atoms. The van der Waals surface area contributed by atoms with Crippen molar-refractivity contribution in [2.45, 2.75) is 25.7 Å². The average Bonchev–Trinajstić information content (AvgIpc) is 3.09. The first-order valence-corrected chi connectivity index (χ1v) is 7.31. The normalized spacial score (nSPS) is 19.6. The molecule has 1 N–H and O–H groups in total. The fourth-order valence-corrected chi connectivity index (χ4v) is 3.09. The number of aromatic nitrogens is 3. The number of carbonyl (C=O) groups is 1. The highest BCUT2D eigenvalue weighted by atomic mass is 32.1. The lowest BCUT2D eigenvalue weighted by molar-refractivity contribution is 0.0709. The van der Waals surface area contributed by atoms with Crippen LogP contribution >= 0.6 is 11.3 Å². The molecule has 5 nitrogen and oxygen atoms in total. The Balaban J connectivity index is 1.73. The first kappa shape index (κ1) is 12.3. The maximum absolute atomic E-state index is 12.3. The third-order valence-corrected chi connectivity index (χ3v) is 4.22. The van der Waals surface area contributed by atoms with Crippen LogP contribution in [-0.4, -0.2) is 38.8 Å². The monoisotopic (exact) mass is 276 g/mol. The van der Waals surface area contributed by atoms with Crippen LogP contribution in [0, 0.1) is 6.92 Å². The zero-order valence-electron chi connectivity index (χ0n) is 10.8. The number of hydrogen-bond donors (Lipinski definition) is 1. The molecule has 1 aliphatic rings. The number of aromatic amines is 1. The maximum Gasteiger partial charge on any atom is 0.265 e. The van der Waals surface area contributed by atoms with E-state index in [-0.39, 0.29) is 5.91 Å². The Kier molecular flexibility index (Phi) is 3.33. The molecule has 1 unspecified atom stereocenters. The predicted octanol–water partition coefficient (Wildman–Crippen LogP) is 2.19. The summed E-state index contributed by atoms with van der Waals surface area (Å²) < 4.78 is 0. The molecule has 2 aromatic heterocycles. The van der Waals surface area contributed by atoms with Crippen molar-refractivity contribution < 1.29 is 4.79 Å². The van der Waals surface area contributed by atoms with Crippen molar-refractivity contribution in [2.24, 2.45) is 0 Å². The maximum atomic E-state index is 12.3. The summed E-state index contributed by atoms with van der Waals surface area (Å²) >= 11 is 1.40. The lowest BCUT2D eigenvalue weighted by atomic mass is 9.97. The highest BCUT2D eigenvalue weighted by Gasteiger charge is 2.27. The Labute approximate surface area is 115 Å². The smallest absolute Gasteiger partial charge is 0.265 e. The number of nitrogens with one attached hydrogen (secondary N) is 1. The van der Waals surface area contributed by atoms with Gasteiger partial charge < -0.3 is 9.88 Å². The standard InChI is InChI=1S/C13H16N4OS/c1-9-5-15-12(16-9)10-3-2-4-17(7-10)13(18)11-6-14-8-19-11/h5-6,8,10H,2-4,7H2,1H3,(H,15,16). The van der Waals surface area contributed by atoms with Crippen molar-refractivity contribution in [1.82, 2.24) is 19.9 Å². The van der Waals surface area contributed by atoms with Gasteiger partial charge in [0, 0.05) is 30.9 Å². The van der Waals surface area contributed by atoms with Gasteiger partial charge in [0.05, 0.1) is 11.7 Å². The summed E-state index contributed by atoms with van der Waals surface area (Å²) in [4.78, 5) is 26.6. The molecule has 3 rings (SSSR count). The molecule has 0 spiro atoms. The molecule has 6 heteroatoms. The Morgan fingerprint density at radius 1 is 1.53 bits per heavy atom. The average molecular weight is 276 g/mol. The molecule has 1 fully saturated rings. The molecule has 3 heterocycles. The zero-order chi connectivity index (χ0) is 13.2. The Morgan fingerprint density at radius 2 is 2.42 bits per heavy atom. The second-order valence-electron chi connectivity index (χ2n) is 4.91. The summed E-state index contributed by atoms with van der Waals surface area (Å²) in [5.41, 5.74) is 2.77. The van der Waals surface area contributed by atoms with Crippen LogP contribution in [0.5, 0.6) is 0 Å². The van der Waals surface area contributed by atoms with E-state index in [4.69, 9.17) is 0 Å². The van der Waals surface area contributed by atoms with E-state index < -0.39 is 0 Å². The van der Waals surface area contributed by atoms with Crippen molar-refractivity contribution in [2.75, 3.05) is 13.1 Å². The van der Waals surface area contributed by atoms with E-state index >= 15 is 0 Å². The van der Waals surface area contributed by atoms with E-state index in [1.807, 2.05) is 18.0 Å². The third-order valence-electron chi connectivity index (χ3n) is 3.46. The molecular formula is C13H16N4OS. The number of piperidine rings is 1. The van der Waals surface area contributed by atoms with Crippen molar-refractivity contribution in [1.29, 1.82) is 0 Å². The van der Waals surface area contributed by atoms with Crippen molar-refractivity contribution in [3.05, 3.63) is 34.3 Å². The summed E-state index contributed by atoms with van der Waals surface area (Å²) in [7, 11) is 0. The van der Waals surface area contributed by atoms with Crippen LogP contribution in [0.2, 0.25) is 0 Å². The van der Waals surface area contributed by atoms with Crippen LogP contribution in [0.25, 0.3) is 0 Å². The van der Waals surface area contributed by atoms with Gasteiger partial charge in [0.15, 0.2) is 0 Å². The van der Waals surface area contributed by atoms with Gasteiger partial charge >= 0.3 is 0 Å². The minimum absolute atomic E-state index is 0.0930. The first-order chi connectivity index (χ1) is 9.24. The van der Waals surface area contributed by atoms with Crippen LogP contribution in [0.1, 0.15) is 39.9 Å². The number of H-pyrrole nitrogens is 1. The van der Waals surface area contributed by atoms with Gasteiger partial charge in [-0.05, 0) is 19.8 Å². The van der Waals surface area contributed by atoms with Crippen molar-refractivity contribution in [3.8, 4) is 0 Å². The molecule has 0 aromatic carbocycles. The summed E-state index contributed by atoms with van der Waals surface area (Å²) in [6.07, 6.45) is 5.60. The first-order valence-electron chi connectivity index (χ1n) is 6.43. The van der Waals surface area contributed by atoms with Crippen LogP contribution in [-0.2, 0) is 0 Å². The van der Waals surface area contributed by atoms with Gasteiger partial charge in [-0.15, -0.1) is 11.3 Å². The molecule has 1 aliphatic heterocycles. The number of imidazole rings is 1. The van der Waals surface area contributed by atoms with Crippen molar-refractivity contribution in [3.63, 3.8) is 0 Å². The lowest BCUT2D eigenvalue weighted by Gasteiger charge is -2.31. The number of aryl methyl sites for hydroxylation is 1. The number of rotatable bonds is 2. The number of amides is 1. The molecule has 2 aromatic rings. The molecule has 0 radical (unpaired) electrons. The van der Waals surface area contributed by atoms with Crippen LogP contribution < -0.4 is 0 Å². The number of carbonyl (C=O) groups excluding carboxylic acids is 1. The zero-order valence-corrected chi connectivity index (χ0v) is 11.6. The number of likely N-dealkylation sites (tertiary alicyclic amines) is 1. The topological polar surface area (TPSA) is 61.9 Å². The van der Waals surface area contributed by atoms with Crippen LogP contribution in [0.15, 0.2) is 17.9 Å². The van der Waals surface area contributed by atoms with E-state index in [0.29, 0.717) is 5.92 Å². The second kappa shape index (κ2) is 5.13. The molecule has 0 aliphatic carbocycles. The SMILES string of the molecule is Cc1cnc(C2CCCN(C(=O)c3cncs3)C2)[nH]1. The highest BCUT2D eigenvalue weighted by Crippen LogP contribution is 2.26. The number of thiazole rings is 1. The molecule has 1 amide bonds. The van der Waals surface area contributed by atoms with Gasteiger partial charge in [-0.25, -0.2) is 4.98 Å². The largest absolute Gasteiger partial charge is 0.346 e. The van der Waals surface area contributed by atoms with E-state index in [0.717, 1.165) is 42.3 Å². The molecule has 100 valence electrons.